The predicted octanol–water partition coefficient (Wildman–Crippen LogP) is 4.72. The molecule has 2 aliphatic rings. The zero-order chi connectivity index (χ0) is 29.2. The molecule has 0 aliphatic carbocycles. The van der Waals surface area contributed by atoms with Crippen LogP contribution in [0.25, 0.3) is 11.0 Å². The number of hydrogen-bond acceptors (Lipinski definition) is 8. The number of aromatic carboxylic acids is 1. The van der Waals surface area contributed by atoms with Crippen molar-refractivity contribution in [2.45, 2.75) is 45.3 Å². The molecular formula is C31H29FN4O6. The van der Waals surface area contributed by atoms with E-state index in [4.69, 9.17) is 29.2 Å². The second kappa shape index (κ2) is 11.9. The van der Waals surface area contributed by atoms with Crippen molar-refractivity contribution in [3.05, 3.63) is 88.1 Å². The number of carboxylic acids is 1. The van der Waals surface area contributed by atoms with Gasteiger partial charge in [0, 0.05) is 30.6 Å². The van der Waals surface area contributed by atoms with E-state index in [1.54, 1.807) is 30.3 Å². The molecule has 4 heterocycles. The number of fused-ring (bicyclic) bond motifs is 1. The number of hydrogen-bond donors (Lipinski definition) is 1. The number of carboxylic acid groups (broad SMARTS) is 1. The summed E-state index contributed by atoms with van der Waals surface area (Å²) in [4.78, 5) is 21.0. The van der Waals surface area contributed by atoms with Gasteiger partial charge < -0.3 is 28.6 Å². The number of halogens is 1. The minimum Gasteiger partial charge on any atom is -0.478 e. The predicted molar refractivity (Wildman–Crippen MR) is 147 cm³/mol. The molecule has 11 heteroatoms. The van der Waals surface area contributed by atoms with Crippen LogP contribution in [0.2, 0.25) is 0 Å². The average Bonchev–Trinajstić information content (AvgIpc) is 3.31. The van der Waals surface area contributed by atoms with E-state index < -0.39 is 18.1 Å². The molecule has 0 spiro atoms. The Morgan fingerprint density at radius 2 is 1.95 bits per heavy atom. The van der Waals surface area contributed by atoms with Gasteiger partial charge in [0.15, 0.2) is 0 Å². The fourth-order valence-electron chi connectivity index (χ4n) is 5.10. The molecule has 1 N–H and O–H groups in total. The zero-order valence-corrected chi connectivity index (χ0v) is 23.0. The van der Waals surface area contributed by atoms with Crippen molar-refractivity contribution in [3.8, 4) is 11.9 Å². The van der Waals surface area contributed by atoms with Gasteiger partial charge in [0.2, 0.25) is 12.2 Å². The molecule has 4 aromatic rings. The molecule has 6 rings (SSSR count). The van der Waals surface area contributed by atoms with Gasteiger partial charge in [0.05, 0.1) is 54.1 Å². The number of pyridine rings is 1. The molecule has 2 aromatic heterocycles. The summed E-state index contributed by atoms with van der Waals surface area (Å²) >= 11 is 0. The smallest absolute Gasteiger partial charge is 0.335 e. The van der Waals surface area contributed by atoms with Crippen LogP contribution in [0.4, 0.5) is 4.39 Å². The van der Waals surface area contributed by atoms with E-state index in [0.29, 0.717) is 43.3 Å². The van der Waals surface area contributed by atoms with E-state index in [1.165, 1.54) is 12.1 Å². The summed E-state index contributed by atoms with van der Waals surface area (Å²) in [5.41, 5.74) is 3.74. The Kier molecular flexibility index (Phi) is 7.84. The summed E-state index contributed by atoms with van der Waals surface area (Å²) in [7, 11) is 0. The van der Waals surface area contributed by atoms with Crippen LogP contribution in [-0.4, -0.2) is 51.5 Å². The highest BCUT2D eigenvalue weighted by Gasteiger charge is 2.29. The van der Waals surface area contributed by atoms with E-state index in [2.05, 4.69) is 9.55 Å². The van der Waals surface area contributed by atoms with E-state index >= 15 is 0 Å². The summed E-state index contributed by atoms with van der Waals surface area (Å²) in [5, 5.41) is 18.4. The molecular weight excluding hydrogens is 543 g/mol. The normalized spacial score (nSPS) is 20.2. The summed E-state index contributed by atoms with van der Waals surface area (Å²) in [6, 6.07) is 14.7. The Balaban J connectivity index is 1.12. The fourth-order valence-corrected chi connectivity index (χ4v) is 5.10. The Bertz CT molecular complexity index is 1670. The second-order valence-corrected chi connectivity index (χ2v) is 10.6. The molecule has 1 atom stereocenters. The number of aryl methyl sites for hydroxylation is 1. The lowest BCUT2D eigenvalue weighted by molar-refractivity contribution is -0.207. The first-order valence-corrected chi connectivity index (χ1v) is 13.7. The minimum atomic E-state index is -0.981. The monoisotopic (exact) mass is 572 g/mol. The third-order valence-corrected chi connectivity index (χ3v) is 7.58. The van der Waals surface area contributed by atoms with E-state index in [9.17, 15) is 14.3 Å². The molecule has 2 aromatic carbocycles. The lowest BCUT2D eigenvalue weighted by Crippen LogP contribution is -2.33. The van der Waals surface area contributed by atoms with Crippen molar-refractivity contribution in [3.63, 3.8) is 0 Å². The van der Waals surface area contributed by atoms with Gasteiger partial charge in [-0.1, -0.05) is 12.1 Å². The fraction of sp³-hybridized carbons (Fsp3) is 0.355. The molecule has 216 valence electrons. The first-order chi connectivity index (χ1) is 20.4. The number of rotatable bonds is 9. The van der Waals surface area contributed by atoms with Crippen molar-refractivity contribution in [1.82, 2.24) is 14.5 Å². The van der Waals surface area contributed by atoms with Gasteiger partial charge in [-0.25, -0.2) is 19.2 Å². The number of nitrogens with zero attached hydrogens (tertiary/aromatic N) is 4. The second-order valence-electron chi connectivity index (χ2n) is 10.6. The van der Waals surface area contributed by atoms with Crippen molar-refractivity contribution >= 4 is 17.0 Å². The quantitative estimate of drug-likeness (QED) is 0.303. The number of benzene rings is 2. The highest BCUT2D eigenvalue weighted by atomic mass is 19.1. The molecule has 0 unspecified atom stereocenters. The van der Waals surface area contributed by atoms with Crippen LogP contribution in [0.3, 0.4) is 0 Å². The van der Waals surface area contributed by atoms with E-state index in [-0.39, 0.29) is 29.8 Å². The Hall–Kier alpha value is -4.37. The standard InChI is InChI=1S/C31H29FN4O6/c1-18-2-7-28(40-17-22-4-3-19(13-33)10-24(22)32)35-29(18)31-41-15-20(16-42-31)11-27-34-25-6-5-21(30(37)38)12-26(25)36(27)14-23-8-9-39-23/h2-7,10,12,20,23,31H,8-9,11,14-17H2,1H3,(H,37,38)/t20?,23-,31?/m0/s1. The van der Waals surface area contributed by atoms with Crippen molar-refractivity contribution in [2.24, 2.45) is 5.92 Å². The lowest BCUT2D eigenvalue weighted by atomic mass is 10.1. The summed E-state index contributed by atoms with van der Waals surface area (Å²) in [6.07, 6.45) is 0.932. The first kappa shape index (κ1) is 27.8. The van der Waals surface area contributed by atoms with Crippen molar-refractivity contribution in [1.29, 1.82) is 5.26 Å². The molecule has 2 saturated heterocycles. The molecule has 0 bridgehead atoms. The van der Waals surface area contributed by atoms with Crippen LogP contribution < -0.4 is 4.74 Å². The average molecular weight is 573 g/mol. The van der Waals surface area contributed by atoms with Crippen molar-refractivity contribution < 1.29 is 33.2 Å². The number of imidazole rings is 1. The summed E-state index contributed by atoms with van der Waals surface area (Å²) in [5.74, 6) is -0.328. The first-order valence-electron chi connectivity index (χ1n) is 13.7. The maximum Gasteiger partial charge on any atom is 0.335 e. The maximum atomic E-state index is 14.3. The highest BCUT2D eigenvalue weighted by Crippen LogP contribution is 2.30. The van der Waals surface area contributed by atoms with Gasteiger partial charge in [-0.2, -0.15) is 5.26 Å². The van der Waals surface area contributed by atoms with Gasteiger partial charge in [-0.3, -0.25) is 0 Å². The Labute approximate surface area is 241 Å². The third kappa shape index (κ3) is 5.83. The molecule has 2 aliphatic heterocycles. The molecule has 0 amide bonds. The SMILES string of the molecule is Cc1ccc(OCc2ccc(C#N)cc2F)nc1C1OCC(Cc2nc3ccc(C(=O)O)cc3n2C[C@@H]2CCO2)CO1. The van der Waals surface area contributed by atoms with Crippen LogP contribution in [0.5, 0.6) is 5.88 Å². The van der Waals surface area contributed by atoms with Gasteiger partial charge >= 0.3 is 5.97 Å². The van der Waals surface area contributed by atoms with Gasteiger partial charge in [0.25, 0.3) is 0 Å². The molecule has 42 heavy (non-hydrogen) atoms. The number of ether oxygens (including phenoxy) is 4. The largest absolute Gasteiger partial charge is 0.478 e. The van der Waals surface area contributed by atoms with Gasteiger partial charge in [-0.05, 0) is 49.2 Å². The topological polar surface area (TPSA) is 129 Å². The highest BCUT2D eigenvalue weighted by molar-refractivity contribution is 5.92. The van der Waals surface area contributed by atoms with Crippen LogP contribution in [0.1, 0.15) is 51.3 Å². The summed E-state index contributed by atoms with van der Waals surface area (Å²) < 4.78 is 39.9. The number of nitriles is 1. The summed E-state index contributed by atoms with van der Waals surface area (Å²) in [6.45, 7) is 4.02. The van der Waals surface area contributed by atoms with Gasteiger partial charge in [-0.15, -0.1) is 0 Å². The van der Waals surface area contributed by atoms with Crippen LogP contribution in [0, 0.1) is 30.0 Å². The van der Waals surface area contributed by atoms with E-state index in [1.807, 2.05) is 19.1 Å². The molecule has 10 nitrogen and oxygen atoms in total. The zero-order valence-electron chi connectivity index (χ0n) is 23.0. The Morgan fingerprint density at radius 1 is 1.14 bits per heavy atom. The van der Waals surface area contributed by atoms with Gasteiger partial charge in [0.1, 0.15) is 23.9 Å². The maximum absolute atomic E-state index is 14.3. The Morgan fingerprint density at radius 3 is 2.64 bits per heavy atom. The van der Waals surface area contributed by atoms with Crippen molar-refractivity contribution in [2.75, 3.05) is 19.8 Å². The minimum absolute atomic E-state index is 0.0251. The number of aromatic nitrogens is 3. The van der Waals surface area contributed by atoms with Crippen LogP contribution in [-0.2, 0) is 33.8 Å². The molecule has 0 saturated carbocycles. The molecule has 0 radical (unpaired) electrons. The number of carbonyl (C=O) groups is 1. The molecule has 2 fully saturated rings. The third-order valence-electron chi connectivity index (χ3n) is 7.58. The van der Waals surface area contributed by atoms with Crippen LogP contribution in [0.15, 0.2) is 48.5 Å². The van der Waals surface area contributed by atoms with E-state index in [0.717, 1.165) is 35.4 Å². The van der Waals surface area contributed by atoms with Crippen LogP contribution >= 0.6 is 0 Å². The lowest BCUT2D eigenvalue weighted by Gasteiger charge is -2.31.